The molecular weight excluding hydrogens is 288 g/mol. The first-order valence-corrected chi connectivity index (χ1v) is 7.56. The molecule has 1 atom stereocenters. The minimum atomic E-state index is -0.625. The molecule has 3 rings (SSSR count). The first-order valence-electron chi connectivity index (χ1n) is 7.56. The number of aliphatic hydroxyl groups excluding tert-OH is 1. The first kappa shape index (κ1) is 15.2. The maximum atomic E-state index is 12.2. The zero-order valence-corrected chi connectivity index (χ0v) is 12.7. The highest BCUT2D eigenvalue weighted by Crippen LogP contribution is 2.13. The van der Waals surface area contributed by atoms with Crippen LogP contribution in [0.1, 0.15) is 5.56 Å². The van der Waals surface area contributed by atoms with E-state index in [1.807, 2.05) is 60.7 Å². The van der Waals surface area contributed by atoms with Gasteiger partial charge in [-0.25, -0.2) is 4.98 Å². The number of benzene rings is 2. The van der Waals surface area contributed by atoms with Gasteiger partial charge in [-0.3, -0.25) is 9.36 Å². The quantitative estimate of drug-likeness (QED) is 0.788. The van der Waals surface area contributed by atoms with Crippen LogP contribution in [-0.2, 0) is 13.0 Å². The van der Waals surface area contributed by atoms with Crippen molar-refractivity contribution in [3.05, 3.63) is 89.0 Å². The standard InChI is InChI=1S/C19H18N2O2/c22-17(11-15-7-3-1-4-8-15)13-21-14-20-18(12-19(21)23)16-9-5-2-6-10-16/h1-10,12,14,17,22H,11,13H2. The van der Waals surface area contributed by atoms with Crippen LogP contribution >= 0.6 is 0 Å². The maximum absolute atomic E-state index is 12.2. The first-order chi connectivity index (χ1) is 11.2. The summed E-state index contributed by atoms with van der Waals surface area (Å²) in [6.07, 6.45) is 1.38. The van der Waals surface area contributed by atoms with Crippen molar-refractivity contribution in [1.82, 2.24) is 9.55 Å². The van der Waals surface area contributed by atoms with Crippen LogP contribution in [-0.4, -0.2) is 20.8 Å². The van der Waals surface area contributed by atoms with E-state index >= 15 is 0 Å². The van der Waals surface area contributed by atoms with Gasteiger partial charge in [-0.1, -0.05) is 60.7 Å². The molecule has 0 saturated carbocycles. The van der Waals surface area contributed by atoms with Gasteiger partial charge in [0.1, 0.15) is 0 Å². The molecule has 4 heteroatoms. The number of aromatic nitrogens is 2. The fourth-order valence-corrected chi connectivity index (χ4v) is 2.51. The smallest absolute Gasteiger partial charge is 0.253 e. The van der Waals surface area contributed by atoms with Crippen LogP contribution in [0, 0.1) is 0 Å². The molecule has 116 valence electrons. The summed E-state index contributed by atoms with van der Waals surface area (Å²) in [4.78, 5) is 16.5. The Hall–Kier alpha value is -2.72. The van der Waals surface area contributed by atoms with Crippen LogP contribution in [0.3, 0.4) is 0 Å². The van der Waals surface area contributed by atoms with Crippen LogP contribution in [0.25, 0.3) is 11.3 Å². The molecule has 0 aliphatic rings. The van der Waals surface area contributed by atoms with Crippen molar-refractivity contribution >= 4 is 0 Å². The van der Waals surface area contributed by atoms with Crippen molar-refractivity contribution in [2.24, 2.45) is 0 Å². The predicted molar refractivity (Wildman–Crippen MR) is 90.1 cm³/mol. The lowest BCUT2D eigenvalue weighted by Gasteiger charge is -2.12. The third kappa shape index (κ3) is 3.93. The van der Waals surface area contributed by atoms with Crippen molar-refractivity contribution in [3.63, 3.8) is 0 Å². The number of hydrogen-bond donors (Lipinski definition) is 1. The zero-order valence-electron chi connectivity index (χ0n) is 12.7. The summed E-state index contributed by atoms with van der Waals surface area (Å²) < 4.78 is 1.44. The fourth-order valence-electron chi connectivity index (χ4n) is 2.51. The largest absolute Gasteiger partial charge is 0.391 e. The van der Waals surface area contributed by atoms with Crippen LogP contribution in [0.2, 0.25) is 0 Å². The summed E-state index contributed by atoms with van der Waals surface area (Å²) in [7, 11) is 0. The fraction of sp³-hybridized carbons (Fsp3) is 0.158. The van der Waals surface area contributed by atoms with E-state index in [2.05, 4.69) is 4.98 Å². The number of hydrogen-bond acceptors (Lipinski definition) is 3. The molecule has 0 aliphatic heterocycles. The molecule has 0 aliphatic carbocycles. The van der Waals surface area contributed by atoms with Gasteiger partial charge in [-0.2, -0.15) is 0 Å². The lowest BCUT2D eigenvalue weighted by Crippen LogP contribution is -2.27. The lowest BCUT2D eigenvalue weighted by molar-refractivity contribution is 0.152. The van der Waals surface area contributed by atoms with E-state index < -0.39 is 6.10 Å². The molecule has 1 aromatic heterocycles. The molecule has 23 heavy (non-hydrogen) atoms. The molecule has 1 unspecified atom stereocenters. The van der Waals surface area contributed by atoms with Gasteiger partial charge in [0.2, 0.25) is 0 Å². The maximum Gasteiger partial charge on any atom is 0.253 e. The summed E-state index contributed by atoms with van der Waals surface area (Å²) in [5.74, 6) is 0. The van der Waals surface area contributed by atoms with E-state index in [1.165, 1.54) is 17.0 Å². The Labute approximate surface area is 134 Å². The average Bonchev–Trinajstić information content (AvgIpc) is 2.58. The Balaban J connectivity index is 1.73. The summed E-state index contributed by atoms with van der Waals surface area (Å²) in [6, 6.07) is 20.8. The van der Waals surface area contributed by atoms with Gasteiger partial charge in [0, 0.05) is 18.1 Å². The SMILES string of the molecule is O=c1cc(-c2ccccc2)ncn1CC(O)Cc1ccccc1. The van der Waals surface area contributed by atoms with Crippen LogP contribution in [0.4, 0.5) is 0 Å². The van der Waals surface area contributed by atoms with Gasteiger partial charge in [-0.15, -0.1) is 0 Å². The van der Waals surface area contributed by atoms with E-state index in [9.17, 15) is 9.90 Å². The molecule has 0 amide bonds. The van der Waals surface area contributed by atoms with E-state index in [0.717, 1.165) is 11.1 Å². The molecule has 2 aromatic carbocycles. The van der Waals surface area contributed by atoms with E-state index in [0.29, 0.717) is 12.1 Å². The van der Waals surface area contributed by atoms with Crippen molar-refractivity contribution < 1.29 is 5.11 Å². The molecule has 1 heterocycles. The highest BCUT2D eigenvalue weighted by molar-refractivity contribution is 5.57. The van der Waals surface area contributed by atoms with Gasteiger partial charge in [0.15, 0.2) is 0 Å². The predicted octanol–water partition coefficient (Wildman–Crippen LogP) is 2.51. The Kier molecular flexibility index (Phi) is 4.64. The topological polar surface area (TPSA) is 55.1 Å². The monoisotopic (exact) mass is 306 g/mol. The number of aliphatic hydroxyl groups is 1. The third-order valence-corrected chi connectivity index (χ3v) is 3.67. The molecule has 0 fully saturated rings. The van der Waals surface area contributed by atoms with E-state index in [1.54, 1.807) is 0 Å². The van der Waals surface area contributed by atoms with Crippen molar-refractivity contribution in [2.45, 2.75) is 19.1 Å². The number of rotatable bonds is 5. The second-order valence-corrected chi connectivity index (χ2v) is 5.47. The minimum Gasteiger partial charge on any atom is -0.391 e. The molecule has 0 saturated heterocycles. The molecule has 1 N–H and O–H groups in total. The van der Waals surface area contributed by atoms with Crippen LogP contribution in [0.15, 0.2) is 77.9 Å². The molecule has 0 radical (unpaired) electrons. The highest BCUT2D eigenvalue weighted by atomic mass is 16.3. The minimum absolute atomic E-state index is 0.161. The summed E-state index contributed by atoms with van der Waals surface area (Å²) >= 11 is 0. The van der Waals surface area contributed by atoms with Crippen molar-refractivity contribution in [3.8, 4) is 11.3 Å². The Bertz CT molecular complexity index is 814. The average molecular weight is 306 g/mol. The van der Waals surface area contributed by atoms with Gasteiger partial charge in [0.25, 0.3) is 5.56 Å². The summed E-state index contributed by atoms with van der Waals surface area (Å²) in [5.41, 5.74) is 2.43. The number of nitrogens with zero attached hydrogens (tertiary/aromatic N) is 2. The Morgan fingerprint density at radius 1 is 1.00 bits per heavy atom. The Morgan fingerprint density at radius 3 is 2.30 bits per heavy atom. The third-order valence-electron chi connectivity index (χ3n) is 3.67. The highest BCUT2D eigenvalue weighted by Gasteiger charge is 2.09. The summed E-state index contributed by atoms with van der Waals surface area (Å²) in [6.45, 7) is 0.232. The second kappa shape index (κ2) is 7.03. The molecular formula is C19H18N2O2. The molecule has 3 aromatic rings. The molecule has 0 spiro atoms. The summed E-state index contributed by atoms with van der Waals surface area (Å²) in [5, 5.41) is 10.2. The zero-order chi connectivity index (χ0) is 16.1. The Morgan fingerprint density at radius 2 is 1.65 bits per heavy atom. The van der Waals surface area contributed by atoms with Crippen molar-refractivity contribution in [1.29, 1.82) is 0 Å². The molecule has 4 nitrogen and oxygen atoms in total. The van der Waals surface area contributed by atoms with Gasteiger partial charge >= 0.3 is 0 Å². The molecule has 0 bridgehead atoms. The second-order valence-electron chi connectivity index (χ2n) is 5.47. The van der Waals surface area contributed by atoms with Gasteiger partial charge < -0.3 is 5.11 Å². The lowest BCUT2D eigenvalue weighted by atomic mass is 10.1. The van der Waals surface area contributed by atoms with Crippen molar-refractivity contribution in [2.75, 3.05) is 0 Å². The van der Waals surface area contributed by atoms with Crippen LogP contribution in [0.5, 0.6) is 0 Å². The normalized spacial score (nSPS) is 12.0. The van der Waals surface area contributed by atoms with E-state index in [4.69, 9.17) is 0 Å². The van der Waals surface area contributed by atoms with Gasteiger partial charge in [0.05, 0.1) is 24.7 Å². The van der Waals surface area contributed by atoms with E-state index in [-0.39, 0.29) is 12.1 Å². The van der Waals surface area contributed by atoms with Gasteiger partial charge in [-0.05, 0) is 5.56 Å². The van der Waals surface area contributed by atoms with Crippen LogP contribution < -0.4 is 5.56 Å².